The minimum atomic E-state index is -0.736. The molecule has 1 aliphatic rings. The van der Waals surface area contributed by atoms with E-state index in [1.165, 1.54) is 12.3 Å². The number of benzene rings is 2. The van der Waals surface area contributed by atoms with E-state index in [-0.39, 0.29) is 12.4 Å². The maximum atomic E-state index is 12.4. The second-order valence-electron chi connectivity index (χ2n) is 6.09. The van der Waals surface area contributed by atoms with E-state index in [9.17, 15) is 14.4 Å². The highest BCUT2D eigenvalue weighted by Crippen LogP contribution is 2.32. The molecule has 4 rings (SSSR count). The second kappa shape index (κ2) is 6.92. The smallest absolute Gasteiger partial charge is 0.231 e. The van der Waals surface area contributed by atoms with Gasteiger partial charge in [-0.3, -0.25) is 14.4 Å². The maximum absolute atomic E-state index is 12.4. The first-order valence-electron chi connectivity index (χ1n) is 8.36. The predicted molar refractivity (Wildman–Crippen MR) is 98.9 cm³/mol. The van der Waals surface area contributed by atoms with Crippen molar-refractivity contribution in [3.05, 3.63) is 65.9 Å². The molecule has 6 heteroatoms. The number of H-pyrrole nitrogens is 1. The van der Waals surface area contributed by atoms with Crippen LogP contribution in [-0.2, 0) is 9.59 Å². The number of Topliss-reactive ketones (excluding diaryl/α,β-unsaturated/α-hetero) is 2. The number of aromatic nitrogens is 1. The molecule has 0 aliphatic carbocycles. The number of hydrogen-bond acceptors (Lipinski definition) is 5. The van der Waals surface area contributed by atoms with Gasteiger partial charge >= 0.3 is 0 Å². The van der Waals surface area contributed by atoms with E-state index in [4.69, 9.17) is 9.47 Å². The van der Waals surface area contributed by atoms with Crippen molar-refractivity contribution < 1.29 is 23.9 Å². The molecule has 27 heavy (non-hydrogen) atoms. The number of carbonyl (C=O) groups excluding carboxylic acids is 3. The molecule has 6 nitrogen and oxygen atoms in total. The Morgan fingerprint density at radius 3 is 2.74 bits per heavy atom. The van der Waals surface area contributed by atoms with E-state index in [0.717, 1.165) is 11.1 Å². The van der Waals surface area contributed by atoms with Gasteiger partial charge in [-0.2, -0.15) is 0 Å². The van der Waals surface area contributed by atoms with Crippen molar-refractivity contribution in [1.82, 2.24) is 4.98 Å². The zero-order chi connectivity index (χ0) is 18.8. The first kappa shape index (κ1) is 16.8. The molecule has 0 atom stereocenters. The van der Waals surface area contributed by atoms with Crippen molar-refractivity contribution in [2.24, 2.45) is 0 Å². The van der Waals surface area contributed by atoms with Crippen LogP contribution in [0.15, 0.2) is 54.7 Å². The summed E-state index contributed by atoms with van der Waals surface area (Å²) < 4.78 is 10.5. The van der Waals surface area contributed by atoms with E-state index < -0.39 is 23.8 Å². The molecule has 0 radical (unpaired) electrons. The third-order valence-corrected chi connectivity index (χ3v) is 4.28. The summed E-state index contributed by atoms with van der Waals surface area (Å²) in [6.07, 6.45) is 3.89. The van der Waals surface area contributed by atoms with Crippen molar-refractivity contribution >= 4 is 34.3 Å². The van der Waals surface area contributed by atoms with Crippen LogP contribution >= 0.6 is 0 Å². The summed E-state index contributed by atoms with van der Waals surface area (Å²) in [6.45, 7) is 0.173. The van der Waals surface area contributed by atoms with Gasteiger partial charge < -0.3 is 14.5 Å². The van der Waals surface area contributed by atoms with E-state index in [1.807, 2.05) is 12.1 Å². The highest BCUT2D eigenvalue weighted by Gasteiger charge is 2.21. The number of ether oxygens (including phenoxy) is 2. The van der Waals surface area contributed by atoms with Gasteiger partial charge in [0.05, 0.1) is 12.0 Å². The largest absolute Gasteiger partial charge is 0.454 e. The van der Waals surface area contributed by atoms with Gasteiger partial charge in [0, 0.05) is 17.1 Å². The number of para-hydroxylation sites is 1. The van der Waals surface area contributed by atoms with Crippen LogP contribution in [0.1, 0.15) is 22.3 Å². The minimum Gasteiger partial charge on any atom is -0.454 e. The predicted octanol–water partition coefficient (Wildman–Crippen LogP) is 3.32. The zero-order valence-corrected chi connectivity index (χ0v) is 14.2. The maximum Gasteiger partial charge on any atom is 0.231 e. The number of carbonyl (C=O) groups is 3. The number of hydrogen-bond donors (Lipinski definition) is 1. The van der Waals surface area contributed by atoms with Crippen LogP contribution < -0.4 is 9.47 Å². The number of aromatic amines is 1. The van der Waals surface area contributed by atoms with Crippen molar-refractivity contribution in [2.75, 3.05) is 6.79 Å². The lowest BCUT2D eigenvalue weighted by atomic mass is 10.0. The van der Waals surface area contributed by atoms with Gasteiger partial charge in [0.2, 0.25) is 18.4 Å². The van der Waals surface area contributed by atoms with Crippen LogP contribution in [0.3, 0.4) is 0 Å². The lowest BCUT2D eigenvalue weighted by Gasteiger charge is -1.99. The molecule has 0 unspecified atom stereocenters. The molecule has 1 aromatic heterocycles. The van der Waals surface area contributed by atoms with Gasteiger partial charge in [-0.05, 0) is 29.8 Å². The lowest BCUT2D eigenvalue weighted by Crippen LogP contribution is -2.17. The Morgan fingerprint density at radius 2 is 1.85 bits per heavy atom. The zero-order valence-electron chi connectivity index (χ0n) is 14.2. The summed E-state index contributed by atoms with van der Waals surface area (Å²) in [6, 6.07) is 12.5. The molecular formula is C21H15NO5. The van der Waals surface area contributed by atoms with Crippen molar-refractivity contribution in [3.63, 3.8) is 0 Å². The summed E-state index contributed by atoms with van der Waals surface area (Å²) in [7, 11) is 0. The van der Waals surface area contributed by atoms with Crippen LogP contribution in [0.2, 0.25) is 0 Å². The van der Waals surface area contributed by atoms with Gasteiger partial charge in [0.15, 0.2) is 17.3 Å². The third-order valence-electron chi connectivity index (χ3n) is 4.28. The second-order valence-corrected chi connectivity index (χ2v) is 6.09. The van der Waals surface area contributed by atoms with Gasteiger partial charge in [-0.1, -0.05) is 30.3 Å². The quantitative estimate of drug-likeness (QED) is 0.315. The molecule has 0 amide bonds. The summed E-state index contributed by atoms with van der Waals surface area (Å²) in [5.41, 5.74) is 1.79. The third kappa shape index (κ3) is 3.37. The van der Waals surface area contributed by atoms with Crippen LogP contribution in [0, 0.1) is 0 Å². The molecule has 0 saturated carbocycles. The fourth-order valence-electron chi connectivity index (χ4n) is 2.91. The average molecular weight is 361 g/mol. The molecule has 0 bridgehead atoms. The Morgan fingerprint density at radius 1 is 1.04 bits per heavy atom. The van der Waals surface area contributed by atoms with E-state index >= 15 is 0 Å². The Hall–Kier alpha value is -3.67. The molecular weight excluding hydrogens is 346 g/mol. The first-order chi connectivity index (χ1) is 13.1. The Labute approximate surface area is 154 Å². The minimum absolute atomic E-state index is 0.173. The number of fused-ring (bicyclic) bond motifs is 2. The summed E-state index contributed by atoms with van der Waals surface area (Å²) in [4.78, 5) is 39.6. The first-order valence-corrected chi connectivity index (χ1v) is 8.36. The number of rotatable bonds is 6. The Balaban J connectivity index is 1.43. The van der Waals surface area contributed by atoms with Crippen molar-refractivity contribution in [2.45, 2.75) is 6.42 Å². The highest BCUT2D eigenvalue weighted by atomic mass is 16.7. The SMILES string of the molecule is O=C(/C=C/c1ccc2c(c1)OCO2)CC(=O)C(=O)c1c[nH]c2ccccc12. The Kier molecular flexibility index (Phi) is 4.30. The van der Waals surface area contributed by atoms with Gasteiger partial charge in [0.25, 0.3) is 0 Å². The molecule has 2 heterocycles. The van der Waals surface area contributed by atoms with Gasteiger partial charge in [-0.15, -0.1) is 0 Å². The van der Waals surface area contributed by atoms with Crippen LogP contribution in [0.4, 0.5) is 0 Å². The lowest BCUT2D eigenvalue weighted by molar-refractivity contribution is -0.122. The monoisotopic (exact) mass is 361 g/mol. The number of ketones is 3. The molecule has 134 valence electrons. The topological polar surface area (TPSA) is 85.5 Å². The molecule has 1 N–H and O–H groups in total. The van der Waals surface area contributed by atoms with E-state index in [2.05, 4.69) is 4.98 Å². The molecule has 0 spiro atoms. The molecule has 0 fully saturated rings. The van der Waals surface area contributed by atoms with Crippen LogP contribution in [0.25, 0.3) is 17.0 Å². The van der Waals surface area contributed by atoms with Crippen molar-refractivity contribution in [3.8, 4) is 11.5 Å². The molecule has 0 saturated heterocycles. The molecule has 3 aromatic rings. The van der Waals surface area contributed by atoms with E-state index in [1.54, 1.807) is 36.4 Å². The molecule has 1 aliphatic heterocycles. The normalized spacial score (nSPS) is 12.6. The van der Waals surface area contributed by atoms with E-state index in [0.29, 0.717) is 16.9 Å². The van der Waals surface area contributed by atoms with Crippen molar-refractivity contribution in [1.29, 1.82) is 0 Å². The highest BCUT2D eigenvalue weighted by molar-refractivity contribution is 6.48. The van der Waals surface area contributed by atoms with Crippen LogP contribution in [-0.4, -0.2) is 29.1 Å². The standard InChI is InChI=1S/C21H15NO5/c23-14(7-5-13-6-8-19-20(9-13)27-12-26-19)10-18(24)21(25)16-11-22-17-4-2-1-3-15(16)17/h1-9,11,22H,10,12H2/b7-5+. The van der Waals surface area contributed by atoms with Gasteiger partial charge in [0.1, 0.15) is 0 Å². The number of allylic oxidation sites excluding steroid dienone is 1. The average Bonchev–Trinajstić information content (AvgIpc) is 3.32. The summed E-state index contributed by atoms with van der Waals surface area (Å²) in [5.74, 6) is -0.587. The fraction of sp³-hybridized carbons (Fsp3) is 0.0952. The summed E-state index contributed by atoms with van der Waals surface area (Å²) in [5, 5.41) is 0.666. The Bertz CT molecular complexity index is 1090. The number of nitrogens with one attached hydrogen (secondary N) is 1. The van der Waals surface area contributed by atoms with Crippen LogP contribution in [0.5, 0.6) is 11.5 Å². The van der Waals surface area contributed by atoms with Gasteiger partial charge in [-0.25, -0.2) is 0 Å². The fourth-order valence-corrected chi connectivity index (χ4v) is 2.91. The summed E-state index contributed by atoms with van der Waals surface area (Å²) >= 11 is 0. The molecule has 2 aromatic carbocycles.